The van der Waals surface area contributed by atoms with E-state index in [-0.39, 0.29) is 11.9 Å². The highest BCUT2D eigenvalue weighted by Gasteiger charge is 2.14. The van der Waals surface area contributed by atoms with Crippen molar-refractivity contribution >= 4 is 16.8 Å². The molecule has 0 aliphatic heterocycles. The molecule has 1 unspecified atom stereocenters. The van der Waals surface area contributed by atoms with Crippen LogP contribution in [0.2, 0.25) is 0 Å². The predicted molar refractivity (Wildman–Crippen MR) is 95.2 cm³/mol. The quantitative estimate of drug-likeness (QED) is 0.769. The maximum absolute atomic E-state index is 12.6. The zero-order chi connectivity index (χ0) is 16.9. The van der Waals surface area contributed by atoms with Gasteiger partial charge >= 0.3 is 0 Å². The maximum Gasteiger partial charge on any atom is 0.253 e. The van der Waals surface area contributed by atoms with Crippen molar-refractivity contribution in [2.45, 2.75) is 19.9 Å². The van der Waals surface area contributed by atoms with Crippen LogP contribution in [0.25, 0.3) is 10.9 Å². The van der Waals surface area contributed by atoms with Gasteiger partial charge in [0.25, 0.3) is 5.91 Å². The summed E-state index contributed by atoms with van der Waals surface area (Å²) in [5, 5.41) is 3.99. The van der Waals surface area contributed by atoms with Crippen molar-refractivity contribution in [2.24, 2.45) is 0 Å². The van der Waals surface area contributed by atoms with Crippen LogP contribution in [0.1, 0.15) is 35.8 Å². The molecule has 4 nitrogen and oxygen atoms in total. The number of nitrogens with one attached hydrogen (secondary N) is 1. The second-order valence-electron chi connectivity index (χ2n) is 5.58. The van der Waals surface area contributed by atoms with Crippen LogP contribution in [-0.2, 0) is 0 Å². The first-order valence-electron chi connectivity index (χ1n) is 8.06. The van der Waals surface area contributed by atoms with E-state index in [1.807, 2.05) is 62.4 Å². The van der Waals surface area contributed by atoms with Gasteiger partial charge in [-0.2, -0.15) is 0 Å². The minimum atomic E-state index is -0.124. The normalized spacial score (nSPS) is 11.9. The Hall–Kier alpha value is -2.88. The van der Waals surface area contributed by atoms with Gasteiger partial charge in [0.15, 0.2) is 0 Å². The molecule has 1 N–H and O–H groups in total. The fourth-order valence-corrected chi connectivity index (χ4v) is 2.66. The number of carbonyl (C=O) groups is 1. The zero-order valence-corrected chi connectivity index (χ0v) is 13.8. The Morgan fingerprint density at radius 1 is 1.12 bits per heavy atom. The molecule has 2 aromatic carbocycles. The summed E-state index contributed by atoms with van der Waals surface area (Å²) in [7, 11) is 0. The molecule has 0 fully saturated rings. The molecule has 122 valence electrons. The highest BCUT2D eigenvalue weighted by molar-refractivity contribution is 6.05. The number of aromatic nitrogens is 1. The lowest BCUT2D eigenvalue weighted by Gasteiger charge is -2.15. The molecule has 0 saturated heterocycles. The summed E-state index contributed by atoms with van der Waals surface area (Å²) in [6, 6.07) is 17.1. The fourth-order valence-electron chi connectivity index (χ4n) is 2.66. The van der Waals surface area contributed by atoms with Crippen LogP contribution in [0.15, 0.2) is 60.8 Å². The molecule has 0 aliphatic rings. The average Bonchev–Trinajstić information content (AvgIpc) is 2.62. The molecule has 0 spiro atoms. The number of para-hydroxylation sites is 1. The molecular weight excluding hydrogens is 300 g/mol. The molecule has 24 heavy (non-hydrogen) atoms. The van der Waals surface area contributed by atoms with Crippen LogP contribution in [0.3, 0.4) is 0 Å². The number of carbonyl (C=O) groups excluding carboxylic acids is 1. The summed E-state index contributed by atoms with van der Waals surface area (Å²) in [4.78, 5) is 17.0. The number of amides is 1. The number of hydrogen-bond donors (Lipinski definition) is 1. The number of ether oxygens (including phenoxy) is 1. The lowest BCUT2D eigenvalue weighted by Crippen LogP contribution is -2.26. The zero-order valence-electron chi connectivity index (χ0n) is 13.8. The van der Waals surface area contributed by atoms with Crippen LogP contribution in [0, 0.1) is 0 Å². The molecule has 1 heterocycles. The van der Waals surface area contributed by atoms with Crippen LogP contribution < -0.4 is 10.1 Å². The first-order valence-corrected chi connectivity index (χ1v) is 8.06. The Kier molecular flexibility index (Phi) is 4.75. The fraction of sp³-hybridized carbons (Fsp3) is 0.200. The summed E-state index contributed by atoms with van der Waals surface area (Å²) >= 11 is 0. The highest BCUT2D eigenvalue weighted by Crippen LogP contribution is 2.20. The maximum atomic E-state index is 12.6. The smallest absolute Gasteiger partial charge is 0.253 e. The Morgan fingerprint density at radius 2 is 1.88 bits per heavy atom. The number of rotatable bonds is 5. The topological polar surface area (TPSA) is 51.2 Å². The van der Waals surface area contributed by atoms with Crippen LogP contribution >= 0.6 is 0 Å². The Morgan fingerprint density at radius 3 is 2.62 bits per heavy atom. The molecular formula is C20H20N2O2. The third kappa shape index (κ3) is 3.38. The molecule has 3 rings (SSSR count). The second kappa shape index (κ2) is 7.13. The average molecular weight is 320 g/mol. The Bertz CT molecular complexity index is 838. The van der Waals surface area contributed by atoms with Gasteiger partial charge in [0.05, 0.1) is 23.7 Å². The number of pyridine rings is 1. The van der Waals surface area contributed by atoms with E-state index < -0.39 is 0 Å². The van der Waals surface area contributed by atoms with E-state index in [9.17, 15) is 4.79 Å². The summed E-state index contributed by atoms with van der Waals surface area (Å²) < 4.78 is 5.44. The molecule has 1 aromatic heterocycles. The summed E-state index contributed by atoms with van der Waals surface area (Å²) in [5.74, 6) is 0.707. The second-order valence-corrected chi connectivity index (χ2v) is 5.58. The summed E-state index contributed by atoms with van der Waals surface area (Å²) in [5.41, 5.74) is 2.34. The van der Waals surface area contributed by atoms with Crippen LogP contribution in [0.5, 0.6) is 5.75 Å². The van der Waals surface area contributed by atoms with E-state index in [4.69, 9.17) is 4.74 Å². The van der Waals surface area contributed by atoms with Crippen molar-refractivity contribution in [1.82, 2.24) is 10.3 Å². The molecule has 3 aromatic rings. The molecule has 1 amide bonds. The third-order valence-corrected chi connectivity index (χ3v) is 3.92. The largest absolute Gasteiger partial charge is 0.494 e. The van der Waals surface area contributed by atoms with E-state index in [0.717, 1.165) is 22.2 Å². The van der Waals surface area contributed by atoms with Crippen molar-refractivity contribution in [3.8, 4) is 5.75 Å². The SMILES string of the molecule is CCOc1ccc(C(C)NC(=O)c2cccc3cccnc23)cc1. The van der Waals surface area contributed by atoms with E-state index >= 15 is 0 Å². The number of hydrogen-bond acceptors (Lipinski definition) is 3. The van der Waals surface area contributed by atoms with Gasteiger partial charge in [0.2, 0.25) is 0 Å². The van der Waals surface area contributed by atoms with Crippen molar-refractivity contribution in [3.05, 3.63) is 71.9 Å². The first kappa shape index (κ1) is 16.0. The lowest BCUT2D eigenvalue weighted by atomic mass is 10.1. The monoisotopic (exact) mass is 320 g/mol. The number of fused-ring (bicyclic) bond motifs is 1. The van der Waals surface area contributed by atoms with E-state index in [1.54, 1.807) is 12.3 Å². The molecule has 0 aliphatic carbocycles. The van der Waals surface area contributed by atoms with Crippen molar-refractivity contribution in [3.63, 3.8) is 0 Å². The third-order valence-electron chi connectivity index (χ3n) is 3.92. The van der Waals surface area contributed by atoms with Gasteiger partial charge in [-0.05, 0) is 43.7 Å². The van der Waals surface area contributed by atoms with Crippen LogP contribution in [-0.4, -0.2) is 17.5 Å². The summed E-state index contributed by atoms with van der Waals surface area (Å²) in [6.07, 6.45) is 1.70. The van der Waals surface area contributed by atoms with Crippen molar-refractivity contribution < 1.29 is 9.53 Å². The van der Waals surface area contributed by atoms with Gasteiger partial charge in [0.1, 0.15) is 5.75 Å². The van der Waals surface area contributed by atoms with Crippen LogP contribution in [0.4, 0.5) is 0 Å². The molecule has 0 saturated carbocycles. The summed E-state index contributed by atoms with van der Waals surface area (Å²) in [6.45, 7) is 4.56. The molecule has 0 bridgehead atoms. The first-order chi connectivity index (χ1) is 11.7. The van der Waals surface area contributed by atoms with Gasteiger partial charge in [-0.3, -0.25) is 9.78 Å². The van der Waals surface area contributed by atoms with Gasteiger partial charge in [-0.15, -0.1) is 0 Å². The van der Waals surface area contributed by atoms with Crippen molar-refractivity contribution in [1.29, 1.82) is 0 Å². The Balaban J connectivity index is 1.78. The van der Waals surface area contributed by atoms with Gasteiger partial charge in [-0.25, -0.2) is 0 Å². The molecule has 1 atom stereocenters. The van der Waals surface area contributed by atoms with Gasteiger partial charge in [-0.1, -0.05) is 30.3 Å². The highest BCUT2D eigenvalue weighted by atomic mass is 16.5. The minimum Gasteiger partial charge on any atom is -0.494 e. The molecule has 0 radical (unpaired) electrons. The number of nitrogens with zero attached hydrogens (tertiary/aromatic N) is 1. The minimum absolute atomic E-state index is 0.104. The predicted octanol–water partition coefficient (Wildman–Crippen LogP) is 4.12. The molecule has 4 heteroatoms. The van der Waals surface area contributed by atoms with E-state index in [1.165, 1.54) is 0 Å². The van der Waals surface area contributed by atoms with Gasteiger partial charge in [0, 0.05) is 11.6 Å². The standard InChI is InChI=1S/C20H20N2O2/c1-3-24-17-11-9-15(10-12-17)14(2)22-20(23)18-8-4-6-16-7-5-13-21-19(16)18/h4-14H,3H2,1-2H3,(H,22,23). The number of benzene rings is 2. The Labute approximate surface area is 141 Å². The van der Waals surface area contributed by atoms with Crippen molar-refractivity contribution in [2.75, 3.05) is 6.61 Å². The van der Waals surface area contributed by atoms with E-state index in [0.29, 0.717) is 12.2 Å². The van der Waals surface area contributed by atoms with E-state index in [2.05, 4.69) is 10.3 Å². The van der Waals surface area contributed by atoms with Gasteiger partial charge < -0.3 is 10.1 Å². The lowest BCUT2D eigenvalue weighted by molar-refractivity contribution is 0.0941.